The van der Waals surface area contributed by atoms with Crippen molar-refractivity contribution >= 4 is 5.97 Å². The molecule has 0 aliphatic heterocycles. The van der Waals surface area contributed by atoms with Gasteiger partial charge in [0.25, 0.3) is 0 Å². The third-order valence-electron chi connectivity index (χ3n) is 2.88. The van der Waals surface area contributed by atoms with Crippen molar-refractivity contribution in [3.63, 3.8) is 0 Å². The van der Waals surface area contributed by atoms with Gasteiger partial charge in [-0.15, -0.1) is 0 Å². The molecular formula is C14H20O4. The van der Waals surface area contributed by atoms with Crippen LogP contribution in [0.2, 0.25) is 0 Å². The summed E-state index contributed by atoms with van der Waals surface area (Å²) in [5.41, 5.74) is -0.681. The summed E-state index contributed by atoms with van der Waals surface area (Å²) in [7, 11) is 0. The summed E-state index contributed by atoms with van der Waals surface area (Å²) in [6, 6.07) is 6.93. The van der Waals surface area contributed by atoms with Gasteiger partial charge in [-0.25, -0.2) is 0 Å². The number of benzene rings is 1. The smallest absolute Gasteiger partial charge is 0.312 e. The van der Waals surface area contributed by atoms with E-state index in [1.807, 2.05) is 6.92 Å². The lowest BCUT2D eigenvalue weighted by molar-refractivity contribution is -0.153. The lowest BCUT2D eigenvalue weighted by Crippen LogP contribution is -2.31. The van der Waals surface area contributed by atoms with Crippen LogP contribution in [-0.4, -0.2) is 22.8 Å². The maximum Gasteiger partial charge on any atom is 0.312 e. The summed E-state index contributed by atoms with van der Waals surface area (Å²) >= 11 is 0. The first kappa shape index (κ1) is 14.5. The van der Waals surface area contributed by atoms with E-state index in [-0.39, 0.29) is 0 Å². The Morgan fingerprint density at radius 2 is 2.11 bits per heavy atom. The second-order valence-corrected chi connectivity index (χ2v) is 4.85. The molecule has 1 aromatic rings. The van der Waals surface area contributed by atoms with Crippen LogP contribution in [0.4, 0.5) is 0 Å². The highest BCUT2D eigenvalue weighted by Gasteiger charge is 2.36. The predicted octanol–water partition coefficient (Wildman–Crippen LogP) is 2.62. The molecular weight excluding hydrogens is 232 g/mol. The van der Waals surface area contributed by atoms with E-state index in [9.17, 15) is 9.90 Å². The molecule has 0 aliphatic rings. The van der Waals surface area contributed by atoms with E-state index in [1.54, 1.807) is 24.3 Å². The molecule has 1 atom stereocenters. The van der Waals surface area contributed by atoms with Crippen molar-refractivity contribution in [1.29, 1.82) is 0 Å². The summed E-state index contributed by atoms with van der Waals surface area (Å²) in [6.07, 6.45) is -0.173. The number of carbonyl (C=O) groups is 1. The van der Waals surface area contributed by atoms with Crippen LogP contribution < -0.4 is 4.74 Å². The van der Waals surface area contributed by atoms with Crippen LogP contribution in [-0.2, 0) is 4.79 Å². The average Bonchev–Trinajstić information content (AvgIpc) is 2.35. The molecule has 0 radical (unpaired) electrons. The van der Waals surface area contributed by atoms with Gasteiger partial charge in [0.1, 0.15) is 5.75 Å². The van der Waals surface area contributed by atoms with E-state index in [2.05, 4.69) is 0 Å². The number of ether oxygens (including phenoxy) is 1. The summed E-state index contributed by atoms with van der Waals surface area (Å²) in [4.78, 5) is 11.1. The Kier molecular flexibility index (Phi) is 4.73. The molecule has 1 rings (SSSR count). The van der Waals surface area contributed by atoms with Crippen molar-refractivity contribution in [2.45, 2.75) is 33.3 Å². The first-order valence-corrected chi connectivity index (χ1v) is 6.03. The van der Waals surface area contributed by atoms with E-state index in [4.69, 9.17) is 9.84 Å². The Balaban J connectivity index is 2.92. The van der Waals surface area contributed by atoms with Crippen molar-refractivity contribution in [3.8, 4) is 5.75 Å². The molecule has 0 saturated carbocycles. The molecule has 4 heteroatoms. The molecule has 0 fully saturated rings. The topological polar surface area (TPSA) is 66.8 Å². The standard InChI is InChI=1S/C14H20O4/c1-4-8-18-11-7-5-6-10(9-11)12(15)14(2,3)13(16)17/h5-7,9,12,15H,4,8H2,1-3H3,(H,16,17). The number of aliphatic carboxylic acids is 1. The molecule has 2 N–H and O–H groups in total. The minimum atomic E-state index is -1.23. The third kappa shape index (κ3) is 3.23. The molecule has 18 heavy (non-hydrogen) atoms. The van der Waals surface area contributed by atoms with E-state index in [1.165, 1.54) is 13.8 Å². The van der Waals surface area contributed by atoms with Crippen LogP contribution in [0.1, 0.15) is 38.9 Å². The fourth-order valence-electron chi connectivity index (χ4n) is 1.53. The van der Waals surface area contributed by atoms with Gasteiger partial charge >= 0.3 is 5.97 Å². The number of carboxylic acid groups (broad SMARTS) is 1. The second kappa shape index (κ2) is 5.87. The lowest BCUT2D eigenvalue weighted by atomic mass is 9.83. The number of aliphatic hydroxyl groups is 1. The Morgan fingerprint density at radius 3 is 2.67 bits per heavy atom. The van der Waals surface area contributed by atoms with Gasteiger partial charge < -0.3 is 14.9 Å². The largest absolute Gasteiger partial charge is 0.494 e. The zero-order valence-electron chi connectivity index (χ0n) is 11.0. The lowest BCUT2D eigenvalue weighted by Gasteiger charge is -2.26. The van der Waals surface area contributed by atoms with Crippen molar-refractivity contribution in [3.05, 3.63) is 29.8 Å². The fourth-order valence-corrected chi connectivity index (χ4v) is 1.53. The summed E-state index contributed by atoms with van der Waals surface area (Å²) in [5.74, 6) is -0.385. The first-order valence-electron chi connectivity index (χ1n) is 6.03. The van der Waals surface area contributed by atoms with Crippen LogP contribution >= 0.6 is 0 Å². The Hall–Kier alpha value is -1.55. The molecule has 0 saturated heterocycles. The van der Waals surface area contributed by atoms with Gasteiger partial charge in [-0.1, -0.05) is 19.1 Å². The zero-order valence-corrected chi connectivity index (χ0v) is 11.0. The Bertz CT molecular complexity index is 412. The predicted molar refractivity (Wildman–Crippen MR) is 68.6 cm³/mol. The molecule has 0 aromatic heterocycles. The van der Waals surface area contributed by atoms with Crippen molar-refractivity contribution in [2.75, 3.05) is 6.61 Å². The van der Waals surface area contributed by atoms with Gasteiger partial charge in [0.15, 0.2) is 0 Å². The summed E-state index contributed by atoms with van der Waals surface area (Å²) in [5, 5.41) is 19.2. The molecule has 1 unspecified atom stereocenters. The minimum absolute atomic E-state index is 0.552. The Labute approximate surface area is 107 Å². The SMILES string of the molecule is CCCOc1cccc(C(O)C(C)(C)C(=O)O)c1. The van der Waals surface area contributed by atoms with Crippen LogP contribution in [0.25, 0.3) is 0 Å². The van der Waals surface area contributed by atoms with Crippen LogP contribution in [0, 0.1) is 5.41 Å². The van der Waals surface area contributed by atoms with E-state index >= 15 is 0 Å². The normalized spacial score (nSPS) is 13.1. The molecule has 0 bridgehead atoms. The molecule has 100 valence electrons. The van der Waals surface area contributed by atoms with E-state index in [0.29, 0.717) is 17.9 Å². The number of rotatable bonds is 6. The average molecular weight is 252 g/mol. The summed E-state index contributed by atoms with van der Waals surface area (Å²) in [6.45, 7) is 5.60. The van der Waals surface area contributed by atoms with Crippen molar-refractivity contribution in [2.24, 2.45) is 5.41 Å². The zero-order chi connectivity index (χ0) is 13.8. The van der Waals surface area contributed by atoms with Gasteiger partial charge in [0.2, 0.25) is 0 Å². The van der Waals surface area contributed by atoms with E-state index in [0.717, 1.165) is 6.42 Å². The fraction of sp³-hybridized carbons (Fsp3) is 0.500. The molecule has 4 nitrogen and oxygen atoms in total. The minimum Gasteiger partial charge on any atom is -0.494 e. The van der Waals surface area contributed by atoms with Gasteiger partial charge in [0.05, 0.1) is 18.1 Å². The Morgan fingerprint density at radius 1 is 1.44 bits per heavy atom. The highest BCUT2D eigenvalue weighted by atomic mass is 16.5. The number of hydrogen-bond acceptors (Lipinski definition) is 3. The molecule has 0 amide bonds. The molecule has 1 aromatic carbocycles. The maximum atomic E-state index is 11.1. The molecule has 0 heterocycles. The molecule has 0 aliphatic carbocycles. The van der Waals surface area contributed by atoms with Gasteiger partial charge in [-0.2, -0.15) is 0 Å². The van der Waals surface area contributed by atoms with Gasteiger partial charge in [-0.3, -0.25) is 4.79 Å². The van der Waals surface area contributed by atoms with Gasteiger partial charge in [-0.05, 0) is 38.0 Å². The highest BCUT2D eigenvalue weighted by molar-refractivity contribution is 5.74. The van der Waals surface area contributed by atoms with Crippen LogP contribution in [0.15, 0.2) is 24.3 Å². The maximum absolute atomic E-state index is 11.1. The highest BCUT2D eigenvalue weighted by Crippen LogP contribution is 2.34. The number of aliphatic hydroxyl groups excluding tert-OH is 1. The summed E-state index contributed by atoms with van der Waals surface area (Å²) < 4.78 is 5.46. The third-order valence-corrected chi connectivity index (χ3v) is 2.88. The second-order valence-electron chi connectivity index (χ2n) is 4.85. The number of hydrogen-bond donors (Lipinski definition) is 2. The van der Waals surface area contributed by atoms with Crippen LogP contribution in [0.3, 0.4) is 0 Å². The monoisotopic (exact) mass is 252 g/mol. The van der Waals surface area contributed by atoms with Crippen molar-refractivity contribution in [1.82, 2.24) is 0 Å². The van der Waals surface area contributed by atoms with Gasteiger partial charge in [0, 0.05) is 0 Å². The van der Waals surface area contributed by atoms with Crippen molar-refractivity contribution < 1.29 is 19.7 Å². The van der Waals surface area contributed by atoms with E-state index < -0.39 is 17.5 Å². The first-order chi connectivity index (χ1) is 8.39. The molecule has 0 spiro atoms. The number of carboxylic acids is 1. The van der Waals surface area contributed by atoms with Crippen LogP contribution in [0.5, 0.6) is 5.75 Å². The quantitative estimate of drug-likeness (QED) is 0.816.